The maximum absolute atomic E-state index is 5.23. The topological polar surface area (TPSA) is 81.1 Å². The van der Waals surface area contributed by atoms with E-state index in [-0.39, 0.29) is 0 Å². The van der Waals surface area contributed by atoms with E-state index in [1.54, 1.807) is 0 Å². The maximum atomic E-state index is 5.23. The van der Waals surface area contributed by atoms with Crippen molar-refractivity contribution in [2.75, 3.05) is 32.6 Å². The van der Waals surface area contributed by atoms with Crippen LogP contribution in [0.5, 0.6) is 0 Å². The summed E-state index contributed by atoms with van der Waals surface area (Å²) in [6, 6.07) is 1.50. The molecule has 0 bridgehead atoms. The van der Waals surface area contributed by atoms with Crippen molar-refractivity contribution in [3.8, 4) is 0 Å². The quantitative estimate of drug-likeness (QED) is 0.563. The van der Waals surface area contributed by atoms with E-state index in [2.05, 4.69) is 9.97 Å². The number of aromatic nitrogens is 2. The van der Waals surface area contributed by atoms with Crippen molar-refractivity contribution in [2.45, 2.75) is 0 Å². The molecule has 12 heavy (non-hydrogen) atoms. The molecule has 0 aliphatic carbocycles. The van der Waals surface area contributed by atoms with Crippen molar-refractivity contribution < 1.29 is 0 Å². The summed E-state index contributed by atoms with van der Waals surface area (Å²) in [5.41, 5.74) is 10.5. The number of nitrogens with two attached hydrogens (primary N) is 2. The molecule has 5 nitrogen and oxygen atoms in total. The fourth-order valence-corrected chi connectivity index (χ4v) is 0.388. The number of nitrogens with zero attached hydrogens (tertiary/aromatic N) is 3. The van der Waals surface area contributed by atoms with Crippen molar-refractivity contribution in [1.29, 1.82) is 0 Å². The van der Waals surface area contributed by atoms with Gasteiger partial charge in [-0.2, -0.15) is 0 Å². The van der Waals surface area contributed by atoms with Crippen molar-refractivity contribution >= 4 is 11.6 Å². The lowest BCUT2D eigenvalue weighted by molar-refractivity contribution is 0.505. The second kappa shape index (κ2) is 5.31. The smallest absolute Gasteiger partial charge is 0.128 e. The molecule has 68 valence electrons. The van der Waals surface area contributed by atoms with Crippen molar-refractivity contribution in [3.05, 3.63) is 12.4 Å². The van der Waals surface area contributed by atoms with Crippen LogP contribution in [-0.4, -0.2) is 36.0 Å². The zero-order valence-electron chi connectivity index (χ0n) is 7.65. The van der Waals surface area contributed by atoms with Crippen LogP contribution in [0, 0.1) is 0 Å². The van der Waals surface area contributed by atoms with E-state index >= 15 is 0 Å². The molecule has 0 aliphatic rings. The Morgan fingerprint density at radius 3 is 1.58 bits per heavy atom. The van der Waals surface area contributed by atoms with Gasteiger partial charge < -0.3 is 16.4 Å². The van der Waals surface area contributed by atoms with Gasteiger partial charge in [-0.15, -0.1) is 0 Å². The first kappa shape index (κ1) is 10.6. The van der Waals surface area contributed by atoms with Crippen LogP contribution in [0.1, 0.15) is 0 Å². The number of hydrogen-bond donors (Lipinski definition) is 2. The maximum Gasteiger partial charge on any atom is 0.128 e. The molecule has 0 radical (unpaired) electrons. The number of hydrogen-bond acceptors (Lipinski definition) is 5. The van der Waals surface area contributed by atoms with Gasteiger partial charge in [-0.3, -0.25) is 0 Å². The highest BCUT2D eigenvalue weighted by atomic mass is 15.0. The highest BCUT2D eigenvalue weighted by molar-refractivity contribution is 5.38. The molecule has 4 N–H and O–H groups in total. The Balaban J connectivity index is 0.000000261. The van der Waals surface area contributed by atoms with E-state index in [0.29, 0.717) is 11.6 Å². The molecule has 0 saturated carbocycles. The standard InChI is InChI=1S/C4H6N4.C3H9N/c5-3-1-4(6)8-2-7-3;1-4(2)3/h1-2H,(H4,5,6,7,8);1-3H3. The number of anilines is 2. The minimum atomic E-state index is 0.400. The molecule has 1 aromatic heterocycles. The molecular formula is C7H15N5. The fraction of sp³-hybridized carbons (Fsp3) is 0.429. The second-order valence-electron chi connectivity index (χ2n) is 2.71. The van der Waals surface area contributed by atoms with Crippen molar-refractivity contribution in [3.63, 3.8) is 0 Å². The lowest BCUT2D eigenvalue weighted by atomic mass is 10.5. The van der Waals surface area contributed by atoms with E-state index in [0.717, 1.165) is 0 Å². The van der Waals surface area contributed by atoms with Gasteiger partial charge in [0.2, 0.25) is 0 Å². The Morgan fingerprint density at radius 1 is 1.08 bits per heavy atom. The lowest BCUT2D eigenvalue weighted by Crippen LogP contribution is -1.99. The van der Waals surface area contributed by atoms with Crippen LogP contribution in [0.4, 0.5) is 11.6 Å². The van der Waals surface area contributed by atoms with Gasteiger partial charge >= 0.3 is 0 Å². The Kier molecular flexibility index (Phi) is 4.71. The fourth-order valence-electron chi connectivity index (χ4n) is 0.388. The third-order valence-electron chi connectivity index (χ3n) is 0.709. The zero-order chi connectivity index (χ0) is 9.56. The van der Waals surface area contributed by atoms with E-state index in [1.165, 1.54) is 12.4 Å². The molecule has 1 rings (SSSR count). The van der Waals surface area contributed by atoms with Crippen LogP contribution in [0.25, 0.3) is 0 Å². The Bertz CT molecular complexity index is 203. The van der Waals surface area contributed by atoms with Crippen LogP contribution in [0.15, 0.2) is 12.4 Å². The van der Waals surface area contributed by atoms with E-state index in [9.17, 15) is 0 Å². The predicted molar refractivity (Wildman–Crippen MR) is 50.5 cm³/mol. The van der Waals surface area contributed by atoms with Crippen LogP contribution < -0.4 is 11.5 Å². The minimum absolute atomic E-state index is 0.400. The number of rotatable bonds is 0. The normalized spacial score (nSPS) is 9.00. The Morgan fingerprint density at radius 2 is 1.42 bits per heavy atom. The number of nitrogen functional groups attached to an aromatic ring is 2. The zero-order valence-corrected chi connectivity index (χ0v) is 7.65. The Labute approximate surface area is 72.4 Å². The third kappa shape index (κ3) is 6.76. The largest absolute Gasteiger partial charge is 0.384 e. The van der Waals surface area contributed by atoms with Crippen LogP contribution in [-0.2, 0) is 0 Å². The van der Waals surface area contributed by atoms with Crippen LogP contribution >= 0.6 is 0 Å². The average Bonchev–Trinajstić information content (AvgIpc) is 1.84. The highest BCUT2D eigenvalue weighted by Gasteiger charge is 1.84. The summed E-state index contributed by atoms with van der Waals surface area (Å²) < 4.78 is 0. The van der Waals surface area contributed by atoms with Gasteiger partial charge in [0.25, 0.3) is 0 Å². The van der Waals surface area contributed by atoms with Gasteiger partial charge in [-0.1, -0.05) is 0 Å². The van der Waals surface area contributed by atoms with Gasteiger partial charge in [0, 0.05) is 6.07 Å². The Hall–Kier alpha value is -1.36. The summed E-state index contributed by atoms with van der Waals surface area (Å²) >= 11 is 0. The predicted octanol–water partition coefficient (Wildman–Crippen LogP) is -0.181. The first-order valence-electron chi connectivity index (χ1n) is 3.46. The summed E-state index contributed by atoms with van der Waals surface area (Å²) in [6.07, 6.45) is 1.32. The van der Waals surface area contributed by atoms with Gasteiger partial charge in [-0.25, -0.2) is 9.97 Å². The van der Waals surface area contributed by atoms with Gasteiger partial charge in [-0.05, 0) is 21.1 Å². The van der Waals surface area contributed by atoms with E-state index in [4.69, 9.17) is 11.5 Å². The van der Waals surface area contributed by atoms with Crippen molar-refractivity contribution in [2.24, 2.45) is 0 Å². The second-order valence-corrected chi connectivity index (χ2v) is 2.71. The molecule has 0 aromatic carbocycles. The van der Waals surface area contributed by atoms with Gasteiger partial charge in [0.05, 0.1) is 0 Å². The highest BCUT2D eigenvalue weighted by Crippen LogP contribution is 1.97. The molecule has 0 unspecified atom stereocenters. The van der Waals surface area contributed by atoms with Crippen molar-refractivity contribution in [1.82, 2.24) is 14.9 Å². The summed E-state index contributed by atoms with van der Waals surface area (Å²) in [5.74, 6) is 0.801. The molecule has 0 fully saturated rings. The molecular weight excluding hydrogens is 154 g/mol. The third-order valence-corrected chi connectivity index (χ3v) is 0.709. The molecule has 0 aliphatic heterocycles. The minimum Gasteiger partial charge on any atom is -0.384 e. The molecule has 1 heterocycles. The molecule has 0 spiro atoms. The van der Waals surface area contributed by atoms with E-state index in [1.807, 2.05) is 26.0 Å². The summed E-state index contributed by atoms with van der Waals surface area (Å²) in [6.45, 7) is 0. The molecule has 0 amide bonds. The average molecular weight is 169 g/mol. The summed E-state index contributed by atoms with van der Waals surface area (Å²) in [7, 11) is 6.00. The summed E-state index contributed by atoms with van der Waals surface area (Å²) in [5, 5.41) is 0. The lowest BCUT2D eigenvalue weighted by Gasteiger charge is -1.90. The van der Waals surface area contributed by atoms with E-state index < -0.39 is 0 Å². The van der Waals surface area contributed by atoms with Gasteiger partial charge in [0.15, 0.2) is 0 Å². The SMILES string of the molecule is CN(C)C.Nc1cc(N)ncn1. The summed E-state index contributed by atoms with van der Waals surface area (Å²) in [4.78, 5) is 9.25. The molecule has 0 saturated heterocycles. The first-order chi connectivity index (χ1) is 5.52. The van der Waals surface area contributed by atoms with Gasteiger partial charge in [0.1, 0.15) is 18.0 Å². The molecule has 5 heteroatoms. The monoisotopic (exact) mass is 169 g/mol. The van der Waals surface area contributed by atoms with Crippen LogP contribution in [0.2, 0.25) is 0 Å². The van der Waals surface area contributed by atoms with Crippen LogP contribution in [0.3, 0.4) is 0 Å². The molecule has 1 aromatic rings. The molecule has 0 atom stereocenters. The first-order valence-corrected chi connectivity index (χ1v) is 3.46.